The van der Waals surface area contributed by atoms with Gasteiger partial charge in [0.2, 0.25) is 0 Å². The average molecular weight is 440 g/mol. The first kappa shape index (κ1) is 19.6. The molecule has 0 bridgehead atoms. The quantitative estimate of drug-likeness (QED) is 0.535. The van der Waals surface area contributed by atoms with Gasteiger partial charge in [0.25, 0.3) is 5.91 Å². The first-order valence-electron chi connectivity index (χ1n) is 8.59. The lowest BCUT2D eigenvalue weighted by Crippen LogP contribution is -2.15. The van der Waals surface area contributed by atoms with Crippen LogP contribution in [-0.2, 0) is 16.1 Å². The summed E-state index contributed by atoms with van der Waals surface area (Å²) in [7, 11) is 0. The van der Waals surface area contributed by atoms with Crippen LogP contribution in [0.5, 0.6) is 5.75 Å². The fourth-order valence-electron chi connectivity index (χ4n) is 2.36. The van der Waals surface area contributed by atoms with Crippen molar-refractivity contribution in [2.24, 2.45) is 0 Å². The summed E-state index contributed by atoms with van der Waals surface area (Å²) in [5, 5.41) is 2.82. The summed E-state index contributed by atoms with van der Waals surface area (Å²) >= 11 is 3.33. The molecule has 1 amide bonds. The topological polar surface area (TPSA) is 64.6 Å². The third-order valence-corrected chi connectivity index (χ3v) is 4.35. The van der Waals surface area contributed by atoms with Crippen molar-refractivity contribution in [1.29, 1.82) is 0 Å². The molecule has 1 N–H and O–H groups in total. The van der Waals surface area contributed by atoms with Gasteiger partial charge in [0, 0.05) is 15.7 Å². The van der Waals surface area contributed by atoms with Gasteiger partial charge in [-0.2, -0.15) is 0 Å². The van der Waals surface area contributed by atoms with Crippen molar-refractivity contribution in [3.63, 3.8) is 0 Å². The van der Waals surface area contributed by atoms with E-state index >= 15 is 0 Å². The van der Waals surface area contributed by atoms with Gasteiger partial charge >= 0.3 is 5.97 Å². The van der Waals surface area contributed by atoms with Crippen molar-refractivity contribution in [1.82, 2.24) is 0 Å². The molecule has 0 aliphatic rings. The summed E-state index contributed by atoms with van der Waals surface area (Å²) in [4.78, 5) is 24.0. The van der Waals surface area contributed by atoms with Gasteiger partial charge in [-0.15, -0.1) is 0 Å². The van der Waals surface area contributed by atoms with E-state index in [4.69, 9.17) is 9.47 Å². The fraction of sp³-hybridized carbons (Fsp3) is 0.0909. The Kier molecular flexibility index (Phi) is 6.81. The number of rotatable bonds is 7. The van der Waals surface area contributed by atoms with Gasteiger partial charge in [-0.25, -0.2) is 4.79 Å². The second-order valence-corrected chi connectivity index (χ2v) is 6.84. The summed E-state index contributed by atoms with van der Waals surface area (Å²) in [6.07, 6.45) is 0. The number of hydrogen-bond donors (Lipinski definition) is 1. The van der Waals surface area contributed by atoms with Crippen LogP contribution in [0, 0.1) is 0 Å². The normalized spacial score (nSPS) is 10.2. The molecule has 0 atom stereocenters. The summed E-state index contributed by atoms with van der Waals surface area (Å²) in [5.74, 6) is -0.0691. The van der Waals surface area contributed by atoms with Crippen LogP contribution in [0.3, 0.4) is 0 Å². The molecule has 0 saturated heterocycles. The monoisotopic (exact) mass is 439 g/mol. The minimum atomic E-state index is -0.464. The van der Waals surface area contributed by atoms with E-state index < -0.39 is 5.97 Å². The highest BCUT2D eigenvalue weighted by Gasteiger charge is 2.08. The van der Waals surface area contributed by atoms with E-state index in [-0.39, 0.29) is 19.1 Å². The van der Waals surface area contributed by atoms with Crippen molar-refractivity contribution >= 4 is 33.5 Å². The molecular formula is C22H18BrNO4. The highest BCUT2D eigenvalue weighted by molar-refractivity contribution is 9.10. The molecule has 6 heteroatoms. The number of anilines is 1. The maximum absolute atomic E-state index is 12.2. The first-order valence-corrected chi connectivity index (χ1v) is 9.39. The largest absolute Gasteiger partial charge is 0.482 e. The van der Waals surface area contributed by atoms with E-state index in [1.54, 1.807) is 36.4 Å². The molecule has 3 aromatic carbocycles. The number of carbonyl (C=O) groups is 2. The lowest BCUT2D eigenvalue weighted by Gasteiger charge is -2.08. The average Bonchev–Trinajstić information content (AvgIpc) is 2.73. The number of nitrogens with one attached hydrogen (secondary N) is 1. The van der Waals surface area contributed by atoms with E-state index in [1.165, 1.54) is 0 Å². The maximum Gasteiger partial charge on any atom is 0.344 e. The second kappa shape index (κ2) is 9.71. The van der Waals surface area contributed by atoms with Crippen LogP contribution in [0.1, 0.15) is 15.9 Å². The number of para-hydroxylation sites is 1. The van der Waals surface area contributed by atoms with E-state index in [0.717, 1.165) is 15.7 Å². The molecule has 0 spiro atoms. The fourth-order valence-corrected chi connectivity index (χ4v) is 2.62. The van der Waals surface area contributed by atoms with E-state index in [0.29, 0.717) is 11.3 Å². The molecule has 28 heavy (non-hydrogen) atoms. The third-order valence-electron chi connectivity index (χ3n) is 3.82. The molecule has 142 valence electrons. The molecule has 0 radical (unpaired) electrons. The standard InChI is InChI=1S/C22H18BrNO4/c23-18-10-12-20(13-11-18)27-15-21(25)28-14-16-6-8-17(9-7-16)22(26)24-19-4-2-1-3-5-19/h1-13H,14-15H2,(H,24,26). The molecule has 0 heterocycles. The predicted molar refractivity (Wildman–Crippen MR) is 110 cm³/mol. The number of hydrogen-bond acceptors (Lipinski definition) is 4. The Morgan fingerprint density at radius 3 is 2.21 bits per heavy atom. The molecule has 3 aromatic rings. The molecule has 0 fully saturated rings. The molecule has 0 aromatic heterocycles. The number of carbonyl (C=O) groups excluding carboxylic acids is 2. The second-order valence-electron chi connectivity index (χ2n) is 5.92. The van der Waals surface area contributed by atoms with Crippen LogP contribution >= 0.6 is 15.9 Å². The molecule has 0 aliphatic carbocycles. The predicted octanol–water partition coefficient (Wildman–Crippen LogP) is 4.82. The lowest BCUT2D eigenvalue weighted by atomic mass is 10.1. The molecule has 5 nitrogen and oxygen atoms in total. The summed E-state index contributed by atoms with van der Waals surface area (Å²) < 4.78 is 11.5. The lowest BCUT2D eigenvalue weighted by molar-refractivity contribution is -0.147. The highest BCUT2D eigenvalue weighted by atomic mass is 79.9. The van der Waals surface area contributed by atoms with Gasteiger partial charge in [0.05, 0.1) is 0 Å². The third kappa shape index (κ3) is 5.96. The molecule has 0 aliphatic heterocycles. The van der Waals surface area contributed by atoms with Crippen LogP contribution in [0.4, 0.5) is 5.69 Å². The highest BCUT2D eigenvalue weighted by Crippen LogP contribution is 2.16. The summed E-state index contributed by atoms with van der Waals surface area (Å²) in [6.45, 7) is -0.0533. The van der Waals surface area contributed by atoms with Gasteiger partial charge in [-0.1, -0.05) is 46.3 Å². The van der Waals surface area contributed by atoms with E-state index in [2.05, 4.69) is 21.2 Å². The summed E-state index contributed by atoms with van der Waals surface area (Å²) in [6, 6.07) is 23.3. The van der Waals surface area contributed by atoms with E-state index in [1.807, 2.05) is 42.5 Å². The van der Waals surface area contributed by atoms with Crippen molar-refractivity contribution in [2.45, 2.75) is 6.61 Å². The van der Waals surface area contributed by atoms with Gasteiger partial charge in [-0.3, -0.25) is 4.79 Å². The van der Waals surface area contributed by atoms with Crippen LogP contribution in [0.25, 0.3) is 0 Å². The van der Waals surface area contributed by atoms with Crippen molar-refractivity contribution < 1.29 is 19.1 Å². The Morgan fingerprint density at radius 2 is 1.54 bits per heavy atom. The van der Waals surface area contributed by atoms with Crippen LogP contribution in [0.2, 0.25) is 0 Å². The Morgan fingerprint density at radius 1 is 0.857 bits per heavy atom. The zero-order valence-electron chi connectivity index (χ0n) is 14.9. The zero-order chi connectivity index (χ0) is 19.8. The first-order chi connectivity index (χ1) is 13.6. The van der Waals surface area contributed by atoms with Crippen molar-refractivity contribution in [2.75, 3.05) is 11.9 Å². The molecule has 0 unspecified atom stereocenters. The Labute approximate surface area is 171 Å². The minimum absolute atomic E-state index is 0.114. The van der Waals surface area contributed by atoms with E-state index in [9.17, 15) is 9.59 Å². The Balaban J connectivity index is 1.45. The smallest absolute Gasteiger partial charge is 0.344 e. The molecular weight excluding hydrogens is 422 g/mol. The molecule has 0 saturated carbocycles. The van der Waals surface area contributed by atoms with Gasteiger partial charge in [-0.05, 0) is 54.1 Å². The van der Waals surface area contributed by atoms with Crippen molar-refractivity contribution in [3.8, 4) is 5.75 Å². The van der Waals surface area contributed by atoms with Crippen molar-refractivity contribution in [3.05, 3.63) is 94.5 Å². The number of ether oxygens (including phenoxy) is 2. The zero-order valence-corrected chi connectivity index (χ0v) is 16.5. The Hall–Kier alpha value is -3.12. The SMILES string of the molecule is O=C(COc1ccc(Br)cc1)OCc1ccc(C(=O)Nc2ccccc2)cc1. The number of amides is 1. The van der Waals surface area contributed by atoms with Crippen LogP contribution < -0.4 is 10.1 Å². The van der Waals surface area contributed by atoms with Gasteiger partial charge < -0.3 is 14.8 Å². The van der Waals surface area contributed by atoms with Gasteiger partial charge in [0.15, 0.2) is 6.61 Å². The molecule has 3 rings (SSSR count). The summed E-state index contributed by atoms with van der Waals surface area (Å²) in [5.41, 5.74) is 2.04. The Bertz CT molecular complexity index is 925. The van der Waals surface area contributed by atoms with Crippen LogP contribution in [-0.4, -0.2) is 18.5 Å². The van der Waals surface area contributed by atoms with Gasteiger partial charge in [0.1, 0.15) is 12.4 Å². The van der Waals surface area contributed by atoms with Crippen LogP contribution in [0.15, 0.2) is 83.3 Å². The number of halogens is 1. The number of benzene rings is 3. The minimum Gasteiger partial charge on any atom is -0.482 e. The number of esters is 1. The maximum atomic E-state index is 12.2.